The van der Waals surface area contributed by atoms with E-state index in [1.165, 1.54) is 0 Å². The van der Waals surface area contributed by atoms with Crippen LogP contribution in [0.5, 0.6) is 0 Å². The first-order chi connectivity index (χ1) is 9.72. The van der Waals surface area contributed by atoms with Crippen LogP contribution in [0.1, 0.15) is 5.56 Å². The number of nitrogens with one attached hydrogen (secondary N) is 1. The Morgan fingerprint density at radius 3 is 2.52 bits per heavy atom. The number of sulfonamides is 1. The van der Waals surface area contributed by atoms with E-state index in [1.54, 1.807) is 25.1 Å². The van der Waals surface area contributed by atoms with Crippen molar-refractivity contribution in [1.29, 1.82) is 0 Å². The summed E-state index contributed by atoms with van der Waals surface area (Å²) in [4.78, 5) is -0.303. The van der Waals surface area contributed by atoms with E-state index >= 15 is 0 Å². The minimum atomic E-state index is -4.01. The first-order valence-corrected chi connectivity index (χ1v) is 7.99. The fourth-order valence-electron chi connectivity index (χ4n) is 1.67. The van der Waals surface area contributed by atoms with E-state index in [4.69, 9.17) is 28.9 Å². The third kappa shape index (κ3) is 3.23. The summed E-state index contributed by atoms with van der Waals surface area (Å²) in [6.45, 7) is 1.67. The van der Waals surface area contributed by atoms with Crippen LogP contribution in [-0.2, 0) is 10.0 Å². The van der Waals surface area contributed by atoms with Gasteiger partial charge in [-0.2, -0.15) is 0 Å². The second-order valence-corrected chi connectivity index (χ2v) is 6.79. The smallest absolute Gasteiger partial charge is 0.263 e. The molecule has 0 radical (unpaired) electrons. The van der Waals surface area contributed by atoms with Crippen molar-refractivity contribution in [1.82, 2.24) is 0 Å². The van der Waals surface area contributed by atoms with Crippen LogP contribution in [0.2, 0.25) is 10.0 Å². The highest BCUT2D eigenvalue weighted by Crippen LogP contribution is 2.30. The molecule has 0 amide bonds. The van der Waals surface area contributed by atoms with Crippen LogP contribution >= 0.6 is 23.2 Å². The van der Waals surface area contributed by atoms with Gasteiger partial charge in [0.1, 0.15) is 10.7 Å². The van der Waals surface area contributed by atoms with Crippen molar-refractivity contribution >= 4 is 44.6 Å². The molecule has 0 fully saturated rings. The van der Waals surface area contributed by atoms with Crippen LogP contribution in [0.4, 0.5) is 15.8 Å². The molecule has 0 bridgehead atoms. The average molecular weight is 349 g/mol. The summed E-state index contributed by atoms with van der Waals surface area (Å²) in [5, 5.41) is 0.161. The number of benzene rings is 2. The van der Waals surface area contributed by atoms with Gasteiger partial charge in [0.15, 0.2) is 0 Å². The molecule has 0 aromatic heterocycles. The molecule has 112 valence electrons. The molecule has 4 nitrogen and oxygen atoms in total. The van der Waals surface area contributed by atoms with Gasteiger partial charge in [0.2, 0.25) is 0 Å². The SMILES string of the molecule is Cc1c(Cl)cccc1NS(=O)(=O)c1cc(N)c(F)cc1Cl. The third-order valence-corrected chi connectivity index (χ3v) is 5.09. The monoisotopic (exact) mass is 348 g/mol. The predicted octanol–water partition coefficient (Wildman–Crippen LogP) is 3.82. The number of halogens is 3. The Kier molecular flexibility index (Phi) is 4.32. The fraction of sp³-hybridized carbons (Fsp3) is 0.0769. The Balaban J connectivity index is 2.48. The number of hydrogen-bond acceptors (Lipinski definition) is 3. The second-order valence-electron chi connectivity index (χ2n) is 4.32. The highest BCUT2D eigenvalue weighted by atomic mass is 35.5. The molecule has 0 unspecified atom stereocenters. The summed E-state index contributed by atoms with van der Waals surface area (Å²) in [7, 11) is -4.01. The molecule has 0 heterocycles. The summed E-state index contributed by atoms with van der Waals surface area (Å²) < 4.78 is 40.3. The van der Waals surface area contributed by atoms with E-state index in [1.807, 2.05) is 0 Å². The zero-order valence-corrected chi connectivity index (χ0v) is 13.2. The zero-order valence-electron chi connectivity index (χ0n) is 10.8. The Bertz CT molecular complexity index is 810. The lowest BCUT2D eigenvalue weighted by Crippen LogP contribution is -2.15. The average Bonchev–Trinajstić information content (AvgIpc) is 2.39. The van der Waals surface area contributed by atoms with Crippen molar-refractivity contribution in [3.8, 4) is 0 Å². The van der Waals surface area contributed by atoms with Gasteiger partial charge >= 0.3 is 0 Å². The second kappa shape index (κ2) is 5.71. The molecule has 0 aliphatic heterocycles. The first-order valence-electron chi connectivity index (χ1n) is 5.75. The number of nitrogen functional groups attached to an aromatic ring is 1. The van der Waals surface area contributed by atoms with Gasteiger partial charge in [-0.15, -0.1) is 0 Å². The predicted molar refractivity (Wildman–Crippen MR) is 82.8 cm³/mol. The Labute approximate surface area is 131 Å². The van der Waals surface area contributed by atoms with Crippen molar-refractivity contribution in [2.75, 3.05) is 10.5 Å². The Hall–Kier alpha value is -1.50. The van der Waals surface area contributed by atoms with E-state index in [-0.39, 0.29) is 15.6 Å². The van der Waals surface area contributed by atoms with E-state index < -0.39 is 15.8 Å². The molecule has 0 saturated carbocycles. The zero-order chi connectivity index (χ0) is 15.8. The summed E-state index contributed by atoms with van der Waals surface area (Å²) >= 11 is 11.7. The maximum Gasteiger partial charge on any atom is 0.263 e. The van der Waals surface area contributed by atoms with Gasteiger partial charge in [0.05, 0.1) is 16.4 Å². The van der Waals surface area contributed by atoms with Gasteiger partial charge in [-0.1, -0.05) is 29.3 Å². The minimum absolute atomic E-state index is 0.256. The number of nitrogens with two attached hydrogens (primary N) is 1. The third-order valence-electron chi connectivity index (χ3n) is 2.85. The highest BCUT2D eigenvalue weighted by Gasteiger charge is 2.21. The molecule has 2 rings (SSSR count). The van der Waals surface area contributed by atoms with Crippen LogP contribution < -0.4 is 10.5 Å². The molecule has 2 aromatic rings. The number of anilines is 2. The van der Waals surface area contributed by atoms with E-state index in [0.717, 1.165) is 12.1 Å². The minimum Gasteiger partial charge on any atom is -0.396 e. The van der Waals surface area contributed by atoms with Gasteiger partial charge in [-0.3, -0.25) is 4.72 Å². The lowest BCUT2D eigenvalue weighted by Gasteiger charge is -2.13. The quantitative estimate of drug-likeness (QED) is 0.828. The van der Waals surface area contributed by atoms with Crippen LogP contribution in [0.25, 0.3) is 0 Å². The van der Waals surface area contributed by atoms with Crippen molar-refractivity contribution < 1.29 is 12.8 Å². The van der Waals surface area contributed by atoms with E-state index in [0.29, 0.717) is 16.3 Å². The topological polar surface area (TPSA) is 72.2 Å². The van der Waals surface area contributed by atoms with E-state index in [2.05, 4.69) is 4.72 Å². The lowest BCUT2D eigenvalue weighted by atomic mass is 10.2. The molecule has 8 heteroatoms. The molecular weight excluding hydrogens is 338 g/mol. The highest BCUT2D eigenvalue weighted by molar-refractivity contribution is 7.92. The summed E-state index contributed by atoms with van der Waals surface area (Å²) in [5.74, 6) is -0.780. The lowest BCUT2D eigenvalue weighted by molar-refractivity contribution is 0.600. The van der Waals surface area contributed by atoms with Gasteiger partial charge in [-0.25, -0.2) is 12.8 Å². The van der Waals surface area contributed by atoms with Crippen LogP contribution in [-0.4, -0.2) is 8.42 Å². The number of rotatable bonds is 3. The van der Waals surface area contributed by atoms with Crippen molar-refractivity contribution in [3.63, 3.8) is 0 Å². The Morgan fingerprint density at radius 1 is 1.19 bits per heavy atom. The molecule has 3 N–H and O–H groups in total. The van der Waals surface area contributed by atoms with Gasteiger partial charge < -0.3 is 5.73 Å². The van der Waals surface area contributed by atoms with Crippen molar-refractivity contribution in [3.05, 3.63) is 51.8 Å². The molecule has 0 aliphatic rings. The van der Waals surface area contributed by atoms with Crippen molar-refractivity contribution in [2.45, 2.75) is 11.8 Å². The van der Waals surface area contributed by atoms with Crippen LogP contribution in [0.15, 0.2) is 35.2 Å². The first kappa shape index (κ1) is 15.9. The standard InChI is InChI=1S/C13H11Cl2FN2O2S/c1-7-8(14)3-2-4-12(7)18-21(19,20)13-6-11(17)10(16)5-9(13)15/h2-6,18H,17H2,1H3. The van der Waals surface area contributed by atoms with Gasteiger partial charge in [0, 0.05) is 5.02 Å². The summed E-state index contributed by atoms with van der Waals surface area (Å²) in [6.07, 6.45) is 0. The molecule has 0 saturated heterocycles. The molecule has 21 heavy (non-hydrogen) atoms. The van der Waals surface area contributed by atoms with Gasteiger partial charge in [-0.05, 0) is 36.8 Å². The summed E-state index contributed by atoms with van der Waals surface area (Å²) in [5.41, 5.74) is 5.95. The Morgan fingerprint density at radius 2 is 1.86 bits per heavy atom. The summed E-state index contributed by atoms with van der Waals surface area (Å²) in [6, 6.07) is 6.63. The normalized spacial score (nSPS) is 11.4. The van der Waals surface area contributed by atoms with Crippen molar-refractivity contribution in [2.24, 2.45) is 0 Å². The van der Waals surface area contributed by atoms with Crippen LogP contribution in [0, 0.1) is 12.7 Å². The molecule has 0 aliphatic carbocycles. The molecular formula is C13H11Cl2FN2O2S. The number of hydrogen-bond donors (Lipinski definition) is 2. The maximum absolute atomic E-state index is 13.2. The molecule has 0 atom stereocenters. The van der Waals surface area contributed by atoms with E-state index in [9.17, 15) is 12.8 Å². The molecule has 2 aromatic carbocycles. The van der Waals surface area contributed by atoms with Gasteiger partial charge in [0.25, 0.3) is 10.0 Å². The maximum atomic E-state index is 13.2. The molecule has 0 spiro atoms. The largest absolute Gasteiger partial charge is 0.396 e. The van der Waals surface area contributed by atoms with Crippen LogP contribution in [0.3, 0.4) is 0 Å². The fourth-order valence-corrected chi connectivity index (χ4v) is 3.52.